The summed E-state index contributed by atoms with van der Waals surface area (Å²) in [4.78, 5) is 0. The van der Waals surface area contributed by atoms with Crippen LogP contribution >= 0.6 is 7.92 Å². The molecule has 0 atom stereocenters. The summed E-state index contributed by atoms with van der Waals surface area (Å²) in [6, 6.07) is 0. The molecule has 0 spiro atoms. The number of hydrogen-bond acceptors (Lipinski definition) is 0. The average molecular weight is 489 g/mol. The summed E-state index contributed by atoms with van der Waals surface area (Å²) in [6.45, 7) is 0. The molecule has 20 heavy (non-hydrogen) atoms. The van der Waals surface area contributed by atoms with Crippen molar-refractivity contribution < 1.29 is 0 Å². The Bertz CT molecular complexity index is 207. The Balaban J connectivity index is 0.00000147. The zero-order chi connectivity index (χ0) is 12.9. The first-order valence-corrected chi connectivity index (χ1v) is 10.8. The third-order valence-corrected chi connectivity index (χ3v) is 10.1. The van der Waals surface area contributed by atoms with Gasteiger partial charge in [-0.15, -0.1) is 0 Å². The second kappa shape index (κ2) is 9.45. The second-order valence-electron chi connectivity index (χ2n) is 7.32. The first kappa shape index (κ1) is 17.7. The van der Waals surface area contributed by atoms with Gasteiger partial charge in [0.2, 0.25) is 0 Å². The standard InChI is InChI=1S/C18H33P.Bi/c1-4-10-16(11-5-1)19(17-12-6-2-7-13-17)18-14-8-3-9-15-18;/h16-18H,1-15H2;. The van der Waals surface area contributed by atoms with E-state index >= 15 is 0 Å². The molecule has 0 aromatic carbocycles. The summed E-state index contributed by atoms with van der Waals surface area (Å²) in [5.74, 6) is 0. The van der Waals surface area contributed by atoms with Crippen LogP contribution in [0, 0.1) is 0 Å². The fourth-order valence-corrected chi connectivity index (χ4v) is 9.71. The van der Waals surface area contributed by atoms with E-state index in [1.807, 2.05) is 0 Å². The first-order chi connectivity index (χ1) is 9.45. The molecule has 0 aromatic rings. The molecule has 3 fully saturated rings. The predicted octanol–water partition coefficient (Wildman–Crippen LogP) is 6.09. The van der Waals surface area contributed by atoms with Crippen molar-refractivity contribution in [3.8, 4) is 0 Å². The monoisotopic (exact) mass is 489 g/mol. The van der Waals surface area contributed by atoms with Crippen molar-refractivity contribution in [2.75, 3.05) is 0 Å². The topological polar surface area (TPSA) is 0 Å². The van der Waals surface area contributed by atoms with E-state index in [1.165, 1.54) is 36.2 Å². The smallest absolute Gasteiger partial charge is 0 e. The fourth-order valence-electron chi connectivity index (χ4n) is 5.03. The van der Waals surface area contributed by atoms with Gasteiger partial charge in [0.15, 0.2) is 0 Å². The molecule has 0 bridgehead atoms. The van der Waals surface area contributed by atoms with Gasteiger partial charge in [-0.25, -0.2) is 0 Å². The second-order valence-corrected chi connectivity index (χ2v) is 10.4. The minimum Gasteiger partial charge on any atom is -0.0971 e. The van der Waals surface area contributed by atoms with E-state index < -0.39 is 0 Å². The zero-order valence-electron chi connectivity index (χ0n) is 13.2. The number of rotatable bonds is 3. The Labute approximate surface area is 147 Å². The summed E-state index contributed by atoms with van der Waals surface area (Å²) >= 11 is 0. The van der Waals surface area contributed by atoms with Gasteiger partial charge in [0.1, 0.15) is 0 Å². The Morgan fingerprint density at radius 2 is 0.650 bits per heavy atom. The molecule has 0 N–H and O–H groups in total. The van der Waals surface area contributed by atoms with Crippen molar-refractivity contribution in [3.63, 3.8) is 0 Å². The Morgan fingerprint density at radius 3 is 0.900 bits per heavy atom. The van der Waals surface area contributed by atoms with Gasteiger partial charge in [-0.1, -0.05) is 65.7 Å². The molecule has 0 aliphatic heterocycles. The minimum atomic E-state index is 0. The first-order valence-electron chi connectivity index (χ1n) is 9.22. The summed E-state index contributed by atoms with van der Waals surface area (Å²) < 4.78 is 0. The fraction of sp³-hybridized carbons (Fsp3) is 1.00. The van der Waals surface area contributed by atoms with Crippen LogP contribution in [0.5, 0.6) is 0 Å². The van der Waals surface area contributed by atoms with Crippen LogP contribution < -0.4 is 0 Å². The predicted molar refractivity (Wildman–Crippen MR) is 93.3 cm³/mol. The zero-order valence-corrected chi connectivity index (χ0v) is 17.6. The largest absolute Gasteiger partial charge is 0.0971 e. The number of hydrogen-bond donors (Lipinski definition) is 0. The van der Waals surface area contributed by atoms with E-state index in [2.05, 4.69) is 0 Å². The van der Waals surface area contributed by atoms with Gasteiger partial charge in [0.05, 0.1) is 0 Å². The van der Waals surface area contributed by atoms with Gasteiger partial charge in [0.25, 0.3) is 0 Å². The molecule has 115 valence electrons. The van der Waals surface area contributed by atoms with Gasteiger partial charge < -0.3 is 0 Å². The van der Waals surface area contributed by atoms with Crippen LogP contribution in [0.2, 0.25) is 0 Å². The molecule has 3 saturated carbocycles. The minimum absolute atomic E-state index is 0. The van der Waals surface area contributed by atoms with E-state index in [9.17, 15) is 0 Å². The quantitative estimate of drug-likeness (QED) is 0.333. The van der Waals surface area contributed by atoms with Crippen LogP contribution in [0.15, 0.2) is 0 Å². The summed E-state index contributed by atoms with van der Waals surface area (Å²) in [5.41, 5.74) is 3.57. The van der Waals surface area contributed by atoms with Gasteiger partial charge in [-0.05, 0) is 55.5 Å². The van der Waals surface area contributed by atoms with E-state index in [0.717, 1.165) is 0 Å². The maximum atomic E-state index is 1.61. The van der Waals surface area contributed by atoms with Crippen LogP contribution in [0.3, 0.4) is 0 Å². The molecule has 3 rings (SSSR count). The van der Waals surface area contributed by atoms with E-state index in [1.54, 1.807) is 77.0 Å². The third-order valence-electron chi connectivity index (χ3n) is 5.99. The molecular weight excluding hydrogens is 456 g/mol. The van der Waals surface area contributed by atoms with Crippen molar-refractivity contribution in [1.82, 2.24) is 0 Å². The van der Waals surface area contributed by atoms with Crippen LogP contribution in [0.4, 0.5) is 0 Å². The maximum absolute atomic E-state index is 1.61. The SMILES string of the molecule is C1CCC(P(C2CCCCC2)C2CCCCC2)CC1.[Bi]. The van der Waals surface area contributed by atoms with Crippen molar-refractivity contribution in [3.05, 3.63) is 0 Å². The Morgan fingerprint density at radius 1 is 0.400 bits per heavy atom. The van der Waals surface area contributed by atoms with Crippen LogP contribution in [-0.2, 0) is 0 Å². The molecule has 0 heterocycles. The molecule has 0 saturated heterocycles. The molecule has 0 nitrogen and oxygen atoms in total. The summed E-state index contributed by atoms with van der Waals surface area (Å²) in [6.07, 6.45) is 23.6. The van der Waals surface area contributed by atoms with Gasteiger partial charge in [-0.3, -0.25) is 0 Å². The molecule has 0 amide bonds. The van der Waals surface area contributed by atoms with Crippen LogP contribution in [0.25, 0.3) is 0 Å². The van der Waals surface area contributed by atoms with Crippen molar-refractivity contribution in [2.24, 2.45) is 0 Å². The van der Waals surface area contributed by atoms with Gasteiger partial charge in [0, 0.05) is 26.2 Å². The van der Waals surface area contributed by atoms with Crippen molar-refractivity contribution in [2.45, 2.75) is 113 Å². The summed E-state index contributed by atoms with van der Waals surface area (Å²) in [5, 5.41) is 0. The molecule has 3 radical (unpaired) electrons. The van der Waals surface area contributed by atoms with Crippen molar-refractivity contribution >= 4 is 34.1 Å². The average Bonchev–Trinajstić information content (AvgIpc) is 2.51. The Hall–Kier alpha value is 1.31. The van der Waals surface area contributed by atoms with Crippen molar-refractivity contribution in [1.29, 1.82) is 0 Å². The molecule has 2 heteroatoms. The van der Waals surface area contributed by atoms with Crippen LogP contribution in [0.1, 0.15) is 96.3 Å². The molecule has 0 unspecified atom stereocenters. The van der Waals surface area contributed by atoms with E-state index in [4.69, 9.17) is 0 Å². The third kappa shape index (κ3) is 4.65. The maximum Gasteiger partial charge on any atom is 0 e. The molecule has 3 aliphatic rings. The van der Waals surface area contributed by atoms with Gasteiger partial charge >= 0.3 is 0 Å². The molecule has 3 aliphatic carbocycles. The Kier molecular flexibility index (Phi) is 8.35. The van der Waals surface area contributed by atoms with E-state index in [-0.39, 0.29) is 26.2 Å². The van der Waals surface area contributed by atoms with Gasteiger partial charge in [-0.2, -0.15) is 0 Å². The normalized spacial score (nSPS) is 27.4. The molecular formula is C18H33BiP. The molecule has 0 aromatic heterocycles. The summed E-state index contributed by atoms with van der Waals surface area (Å²) in [7, 11) is 0.385. The van der Waals surface area contributed by atoms with E-state index in [0.29, 0.717) is 7.92 Å². The van der Waals surface area contributed by atoms with Crippen LogP contribution in [-0.4, -0.2) is 43.2 Å².